The van der Waals surface area contributed by atoms with Gasteiger partial charge in [0.25, 0.3) is 0 Å². The number of H-pyrrole nitrogens is 1. The number of hydrogen-bond donors (Lipinski definition) is 2. The second-order valence-electron chi connectivity index (χ2n) is 6.16. The van der Waals surface area contributed by atoms with E-state index in [0.717, 1.165) is 36.1 Å². The number of nitrogens with one attached hydrogen (secondary N) is 2. The van der Waals surface area contributed by atoms with Crippen molar-refractivity contribution < 1.29 is 4.79 Å². The average molecular weight is 325 g/mol. The Bertz CT molecular complexity index is 936. The van der Waals surface area contributed by atoms with Crippen LogP contribution in [-0.4, -0.2) is 31.6 Å². The van der Waals surface area contributed by atoms with E-state index in [0.29, 0.717) is 13.1 Å². The van der Waals surface area contributed by atoms with Crippen LogP contribution in [0.1, 0.15) is 12.1 Å². The number of imidazole rings is 2. The summed E-state index contributed by atoms with van der Waals surface area (Å²) in [6.45, 7) is 1.73. The zero-order valence-electron chi connectivity index (χ0n) is 13.2. The van der Waals surface area contributed by atoms with Gasteiger partial charge in [0.1, 0.15) is 0 Å². The number of aromatic amines is 1. The predicted molar refractivity (Wildman–Crippen MR) is 89.6 cm³/mol. The largest absolute Gasteiger partial charge is 0.354 e. The third kappa shape index (κ3) is 2.62. The van der Waals surface area contributed by atoms with Crippen molar-refractivity contribution in [1.29, 1.82) is 0 Å². The maximum absolute atomic E-state index is 12.4. The lowest BCUT2D eigenvalue weighted by atomic mass is 9.95. The minimum absolute atomic E-state index is 0.0195. The smallest absolute Gasteiger partial charge is 0.326 e. The first-order valence-corrected chi connectivity index (χ1v) is 8.16. The van der Waals surface area contributed by atoms with E-state index in [9.17, 15) is 9.59 Å². The highest BCUT2D eigenvalue weighted by molar-refractivity contribution is 5.79. The lowest BCUT2D eigenvalue weighted by Crippen LogP contribution is -2.37. The molecule has 7 nitrogen and oxygen atoms in total. The van der Waals surface area contributed by atoms with Crippen LogP contribution < -0.4 is 11.0 Å². The van der Waals surface area contributed by atoms with E-state index >= 15 is 0 Å². The SMILES string of the molecule is O=C(NCCn1c(=O)[nH]c2ccccc21)C1CCn2cncc2C1. The van der Waals surface area contributed by atoms with Gasteiger partial charge in [-0.2, -0.15) is 0 Å². The van der Waals surface area contributed by atoms with Crippen molar-refractivity contribution in [3.05, 3.63) is 53.0 Å². The predicted octanol–water partition coefficient (Wildman–Crippen LogP) is 0.905. The Morgan fingerprint density at radius 1 is 1.38 bits per heavy atom. The van der Waals surface area contributed by atoms with Crippen LogP contribution in [0.4, 0.5) is 0 Å². The molecule has 0 radical (unpaired) electrons. The van der Waals surface area contributed by atoms with Crippen molar-refractivity contribution in [2.75, 3.05) is 6.54 Å². The number of hydrogen-bond acceptors (Lipinski definition) is 3. The number of para-hydroxylation sites is 2. The van der Waals surface area contributed by atoms with Crippen molar-refractivity contribution in [2.45, 2.75) is 25.9 Å². The maximum atomic E-state index is 12.4. The standard InChI is InChI=1S/C17H19N5O2/c23-16(12-5-7-21-11-18-10-13(21)9-12)19-6-8-22-15-4-2-1-3-14(15)20-17(22)24/h1-4,10-12H,5-9H2,(H,19,23)(H,20,24). The summed E-state index contributed by atoms with van der Waals surface area (Å²) in [5.74, 6) is 0.0317. The highest BCUT2D eigenvalue weighted by Gasteiger charge is 2.24. The lowest BCUT2D eigenvalue weighted by molar-refractivity contribution is -0.125. The van der Waals surface area contributed by atoms with Crippen LogP contribution in [0.25, 0.3) is 11.0 Å². The molecule has 3 heterocycles. The normalized spacial score (nSPS) is 16.9. The molecule has 0 fully saturated rings. The van der Waals surface area contributed by atoms with Gasteiger partial charge >= 0.3 is 5.69 Å². The van der Waals surface area contributed by atoms with Gasteiger partial charge in [-0.15, -0.1) is 0 Å². The van der Waals surface area contributed by atoms with Crippen LogP contribution >= 0.6 is 0 Å². The Hall–Kier alpha value is -2.83. The van der Waals surface area contributed by atoms with Crippen LogP contribution in [0, 0.1) is 5.92 Å². The van der Waals surface area contributed by atoms with E-state index in [1.807, 2.05) is 36.8 Å². The molecule has 7 heteroatoms. The molecule has 1 aliphatic rings. The van der Waals surface area contributed by atoms with Gasteiger partial charge < -0.3 is 14.9 Å². The average Bonchev–Trinajstić information content (AvgIpc) is 3.18. The second-order valence-corrected chi connectivity index (χ2v) is 6.16. The first-order chi connectivity index (χ1) is 11.7. The monoisotopic (exact) mass is 325 g/mol. The van der Waals surface area contributed by atoms with Crippen LogP contribution in [-0.2, 0) is 24.3 Å². The molecule has 0 aliphatic carbocycles. The van der Waals surface area contributed by atoms with E-state index < -0.39 is 0 Å². The first kappa shape index (κ1) is 14.7. The molecule has 0 spiro atoms. The number of aromatic nitrogens is 4. The summed E-state index contributed by atoms with van der Waals surface area (Å²) in [4.78, 5) is 31.3. The molecule has 3 aromatic rings. The number of benzene rings is 1. The Morgan fingerprint density at radius 3 is 3.17 bits per heavy atom. The fraction of sp³-hybridized carbons (Fsp3) is 0.353. The molecule has 1 atom stereocenters. The molecule has 1 aliphatic heterocycles. The summed E-state index contributed by atoms with van der Waals surface area (Å²) in [6.07, 6.45) is 5.18. The number of amides is 1. The van der Waals surface area contributed by atoms with Crippen LogP contribution in [0.3, 0.4) is 0 Å². The molecule has 24 heavy (non-hydrogen) atoms. The fourth-order valence-electron chi connectivity index (χ4n) is 3.36. The molecule has 1 unspecified atom stereocenters. The van der Waals surface area contributed by atoms with Crippen LogP contribution in [0.2, 0.25) is 0 Å². The molecular weight excluding hydrogens is 306 g/mol. The molecule has 2 aromatic heterocycles. The fourth-order valence-corrected chi connectivity index (χ4v) is 3.36. The summed E-state index contributed by atoms with van der Waals surface area (Å²) in [6, 6.07) is 7.56. The molecule has 0 saturated heterocycles. The number of fused-ring (bicyclic) bond motifs is 2. The minimum Gasteiger partial charge on any atom is -0.354 e. The molecule has 2 N–H and O–H groups in total. The van der Waals surface area contributed by atoms with Crippen LogP contribution in [0.5, 0.6) is 0 Å². The molecule has 124 valence electrons. The minimum atomic E-state index is -0.146. The zero-order valence-corrected chi connectivity index (χ0v) is 13.2. The Balaban J connectivity index is 1.38. The van der Waals surface area contributed by atoms with Crippen molar-refractivity contribution >= 4 is 16.9 Å². The summed E-state index contributed by atoms with van der Waals surface area (Å²) in [5.41, 5.74) is 2.63. The summed E-state index contributed by atoms with van der Waals surface area (Å²) in [5, 5.41) is 2.96. The molecule has 1 amide bonds. The van der Waals surface area contributed by atoms with E-state index in [2.05, 4.69) is 19.9 Å². The Kier molecular flexibility index (Phi) is 3.68. The van der Waals surface area contributed by atoms with Gasteiger partial charge in [-0.1, -0.05) is 12.1 Å². The maximum Gasteiger partial charge on any atom is 0.326 e. The van der Waals surface area contributed by atoms with Gasteiger partial charge in [0.05, 0.1) is 17.4 Å². The molecule has 0 saturated carbocycles. The summed E-state index contributed by atoms with van der Waals surface area (Å²) < 4.78 is 3.75. The van der Waals surface area contributed by atoms with Crippen molar-refractivity contribution in [2.24, 2.45) is 5.92 Å². The van der Waals surface area contributed by atoms with E-state index in [1.54, 1.807) is 4.57 Å². The van der Waals surface area contributed by atoms with Gasteiger partial charge in [-0.05, 0) is 18.6 Å². The molecule has 4 rings (SSSR count). The van der Waals surface area contributed by atoms with Gasteiger partial charge in [0.15, 0.2) is 0 Å². The first-order valence-electron chi connectivity index (χ1n) is 8.16. The number of rotatable bonds is 4. The zero-order chi connectivity index (χ0) is 16.5. The quantitative estimate of drug-likeness (QED) is 0.747. The topological polar surface area (TPSA) is 84.7 Å². The van der Waals surface area contributed by atoms with Crippen molar-refractivity contribution in [3.8, 4) is 0 Å². The number of nitrogens with zero attached hydrogens (tertiary/aromatic N) is 3. The molecular formula is C17H19N5O2. The Labute approximate surface area is 138 Å². The highest BCUT2D eigenvalue weighted by atomic mass is 16.2. The lowest BCUT2D eigenvalue weighted by Gasteiger charge is -2.23. The number of aryl methyl sites for hydroxylation is 1. The van der Waals surface area contributed by atoms with Gasteiger partial charge in [0.2, 0.25) is 5.91 Å². The van der Waals surface area contributed by atoms with E-state index in [-0.39, 0.29) is 17.5 Å². The van der Waals surface area contributed by atoms with Gasteiger partial charge in [-0.25, -0.2) is 9.78 Å². The third-order valence-corrected chi connectivity index (χ3v) is 4.66. The molecule has 0 bridgehead atoms. The number of carbonyl (C=O) groups is 1. The number of carbonyl (C=O) groups excluding carboxylic acids is 1. The Morgan fingerprint density at radius 2 is 2.25 bits per heavy atom. The summed E-state index contributed by atoms with van der Waals surface area (Å²) in [7, 11) is 0. The third-order valence-electron chi connectivity index (χ3n) is 4.66. The van der Waals surface area contributed by atoms with Crippen molar-refractivity contribution in [1.82, 2.24) is 24.4 Å². The van der Waals surface area contributed by atoms with Crippen molar-refractivity contribution in [3.63, 3.8) is 0 Å². The van der Waals surface area contributed by atoms with Gasteiger partial charge in [-0.3, -0.25) is 9.36 Å². The highest BCUT2D eigenvalue weighted by Crippen LogP contribution is 2.19. The van der Waals surface area contributed by atoms with E-state index in [4.69, 9.17) is 0 Å². The second kappa shape index (κ2) is 5.99. The van der Waals surface area contributed by atoms with E-state index in [1.165, 1.54) is 0 Å². The molecule has 1 aromatic carbocycles. The van der Waals surface area contributed by atoms with Gasteiger partial charge in [0, 0.05) is 43.9 Å². The van der Waals surface area contributed by atoms with Crippen LogP contribution in [0.15, 0.2) is 41.6 Å². The summed E-state index contributed by atoms with van der Waals surface area (Å²) >= 11 is 0.